The average Bonchev–Trinajstić information content (AvgIpc) is 1.61. The second-order valence-electron chi connectivity index (χ2n) is 36.9. The third kappa shape index (κ3) is 18.0. The number of pyridine rings is 1. The van der Waals surface area contributed by atoms with Crippen molar-refractivity contribution >= 4 is 150 Å². The summed E-state index contributed by atoms with van der Waals surface area (Å²) in [6.07, 6.45) is 8.55. The van der Waals surface area contributed by atoms with Gasteiger partial charge in [0.05, 0.1) is 70.8 Å². The molecule has 19 heterocycles. The number of methoxy groups -OCH3 is 1. The predicted octanol–water partition coefficient (Wildman–Crippen LogP) is 18.9. The lowest BCUT2D eigenvalue weighted by atomic mass is 10.0. The van der Waals surface area contributed by atoms with Crippen molar-refractivity contribution in [1.29, 1.82) is 0 Å². The normalized spacial score (nSPS) is 18.4. The number of H-pyrrole nitrogens is 5. The molecule has 0 bridgehead atoms. The summed E-state index contributed by atoms with van der Waals surface area (Å²) in [5, 5.41) is 6.35. The van der Waals surface area contributed by atoms with Gasteiger partial charge in [0, 0.05) is 283 Å². The fourth-order valence-electron chi connectivity index (χ4n) is 20.9. The van der Waals surface area contributed by atoms with E-state index in [9.17, 15) is 22.0 Å². The molecule has 138 heavy (non-hydrogen) atoms. The van der Waals surface area contributed by atoms with Crippen LogP contribution < -0.4 is 48.8 Å². The quantitative estimate of drug-likeness (QED) is 0.0797. The fraction of sp³-hybridized carbons (Fsp3) is 0.333. The molecule has 9 aliphatic rings. The van der Waals surface area contributed by atoms with Crippen LogP contribution in [-0.2, 0) is 83.8 Å². The Kier molecular flexibility index (Phi) is 23.9. The van der Waals surface area contributed by atoms with Crippen LogP contribution in [0.15, 0.2) is 185 Å². The summed E-state index contributed by atoms with van der Waals surface area (Å²) >= 11 is 1.61. The van der Waals surface area contributed by atoms with E-state index in [-0.39, 0.29) is 47.4 Å². The molecule has 0 spiro atoms. The van der Waals surface area contributed by atoms with Gasteiger partial charge in [0.25, 0.3) is 12.0 Å². The molecule has 27 nitrogen and oxygen atoms in total. The van der Waals surface area contributed by atoms with Gasteiger partial charge < -0.3 is 102 Å². The lowest BCUT2D eigenvalue weighted by Gasteiger charge is -2.34. The Labute approximate surface area is 795 Å². The Morgan fingerprint density at radius 3 is 1.27 bits per heavy atom. The Morgan fingerprint density at radius 1 is 0.348 bits per heavy atom. The first-order chi connectivity index (χ1) is 67.4. The highest BCUT2D eigenvalue weighted by atomic mass is 32.1. The zero-order valence-corrected chi connectivity index (χ0v) is 78.0. The van der Waals surface area contributed by atoms with Gasteiger partial charge in [-0.1, -0.05) is 11.3 Å². The number of fused-ring (bicyclic) bond motifs is 18. The standard InChI is InChI=1S/C24H25FN4O2.C23H23FN4O2.C21H22FN3O.C20H19FN6OS.C17H16FN3O/c1-14-11-29(12-15(2)30-14)24-27-22-10-17(4-6-23(22)31-24)28-8-7-20-19(13-28)18-5-3-16(25)9-21(18)26-20;1-14-12-28(8-9-29-14)23-26-21-11-16(3-5-22(21)30-23)27-7-6-19-18(13-27)17-4-2-15(24)10-20(17)25-19;22-15-1-6-20-18(13-15)19-14-25(8-7-21(19)23-20)17-4-2-16(3-5-17)24-9-11-26-12-10-24;21-12-1-2-13-14-11-27(4-3-15(14)23-16(13)9-12)19-22-10-17-18(25-19)29-20(24-17)26-5-7-28-8-6-26;1-22-12-3-5-17(19-9-12)21-7-6-15-14(10-21)13-4-2-11(18)8-16(13)20-15/h3-6,9-10,14-15,26H,7-8,11-13H2,1-2H3;2-5,10-11,14,25H,6-9,12-13H2,1H3;1-6,13,23H,7-12,14H2;1-2,9-10,23H,3-8,11H2;2-5,8-9,20H,6-7,10H2,1H3/t14-,15+;14-;;;/m.0.../s1. The molecule has 3 atom stereocenters. The number of hydrogen-bond acceptors (Lipinski definition) is 23. The van der Waals surface area contributed by atoms with Crippen molar-refractivity contribution in [2.75, 3.05) is 169 Å². The number of thiazole rings is 1. The molecule has 4 saturated heterocycles. The van der Waals surface area contributed by atoms with Crippen LogP contribution in [0.4, 0.5) is 73.6 Å². The number of oxazole rings is 2. The molecule has 33 heteroatoms. The van der Waals surface area contributed by atoms with Crippen LogP contribution in [0.1, 0.15) is 77.1 Å². The number of nitrogens with one attached hydrogen (secondary N) is 5. The van der Waals surface area contributed by atoms with Gasteiger partial charge in [0.15, 0.2) is 21.1 Å². The van der Waals surface area contributed by atoms with Gasteiger partial charge in [0.1, 0.15) is 57.2 Å². The fourth-order valence-corrected chi connectivity index (χ4v) is 21.9. The maximum Gasteiger partial charge on any atom is 0.298 e. The van der Waals surface area contributed by atoms with Crippen LogP contribution in [0, 0.1) is 29.1 Å². The van der Waals surface area contributed by atoms with E-state index in [0.29, 0.717) is 25.2 Å². The summed E-state index contributed by atoms with van der Waals surface area (Å²) in [4.78, 5) is 66.4. The van der Waals surface area contributed by atoms with Crippen molar-refractivity contribution < 1.29 is 54.5 Å². The Hall–Kier alpha value is -14.0. The zero-order valence-electron chi connectivity index (χ0n) is 77.1. The number of aromatic nitrogens is 11. The maximum atomic E-state index is 13.7. The third-order valence-electron chi connectivity index (χ3n) is 27.9. The minimum absolute atomic E-state index is 0.154. The summed E-state index contributed by atoms with van der Waals surface area (Å²) in [5.41, 5.74) is 25.6. The third-order valence-corrected chi connectivity index (χ3v) is 28.9. The lowest BCUT2D eigenvalue weighted by Crippen LogP contribution is -2.45. The van der Waals surface area contributed by atoms with Gasteiger partial charge in [-0.3, -0.25) is 0 Å². The van der Waals surface area contributed by atoms with Crippen LogP contribution in [0.3, 0.4) is 0 Å². The highest BCUT2D eigenvalue weighted by molar-refractivity contribution is 7.21. The molecule has 9 aliphatic heterocycles. The SMILES string of the molecule is COc1ccc(N2CCc3[nH]c4cc(F)ccc4c3C2)nc1.C[C@@H]1CN(c2nc3cc(N4CCc5[nH]c6cc(F)ccc6c5C4)ccc3o2)C[C@H](C)O1.C[C@H]1CN(c2nc3cc(N4CCc5[nH]c6cc(F)ccc6c5C4)ccc3o2)CCO1.Fc1ccc2[nH]c3c(c2c1)CN(c1ccc(N2CCOCC2)cc1)CC3.Fc1ccc2c3c([nH]c2c1)CCN(c1ncc2nc(N4CCOCC4)sc2n1)C3. The topological polar surface area (TPSA) is 258 Å². The van der Waals surface area contributed by atoms with Gasteiger partial charge in [-0.15, -0.1) is 0 Å². The molecular weight excluding hydrogens is 1780 g/mol. The van der Waals surface area contributed by atoms with E-state index in [2.05, 4.69) is 148 Å². The molecular formula is C105H105F5N20O7S. The minimum Gasteiger partial charge on any atom is -0.495 e. The second kappa shape index (κ2) is 37.5. The van der Waals surface area contributed by atoms with E-state index in [0.717, 1.165) is 291 Å². The molecule has 0 amide bonds. The van der Waals surface area contributed by atoms with E-state index in [1.54, 1.807) is 55.0 Å². The molecule has 18 aromatic rings. The minimum atomic E-state index is -0.219. The summed E-state index contributed by atoms with van der Waals surface area (Å²) < 4.78 is 107. The molecule has 708 valence electrons. The molecule has 8 aromatic carbocycles. The number of rotatable bonds is 10. The number of aromatic amines is 5. The van der Waals surface area contributed by atoms with Gasteiger partial charge in [-0.2, -0.15) is 15.0 Å². The van der Waals surface area contributed by atoms with Gasteiger partial charge in [-0.05, 0) is 185 Å². The van der Waals surface area contributed by atoms with Gasteiger partial charge in [0.2, 0.25) is 5.95 Å². The highest BCUT2D eigenvalue weighted by Crippen LogP contribution is 2.41. The summed E-state index contributed by atoms with van der Waals surface area (Å²) in [6.45, 7) is 25.1. The van der Waals surface area contributed by atoms with Crippen LogP contribution in [0.2, 0.25) is 0 Å². The van der Waals surface area contributed by atoms with E-state index < -0.39 is 0 Å². The molecule has 10 aromatic heterocycles. The van der Waals surface area contributed by atoms with Gasteiger partial charge >= 0.3 is 0 Å². The van der Waals surface area contributed by atoms with Crippen molar-refractivity contribution in [2.24, 2.45) is 0 Å². The van der Waals surface area contributed by atoms with Crippen LogP contribution >= 0.6 is 11.3 Å². The highest BCUT2D eigenvalue weighted by Gasteiger charge is 2.33. The van der Waals surface area contributed by atoms with E-state index in [4.69, 9.17) is 52.5 Å². The predicted molar refractivity (Wildman–Crippen MR) is 531 cm³/mol. The molecule has 27 rings (SSSR count). The maximum absolute atomic E-state index is 13.7. The largest absolute Gasteiger partial charge is 0.495 e. The lowest BCUT2D eigenvalue weighted by molar-refractivity contribution is -0.00663. The van der Waals surface area contributed by atoms with Crippen molar-refractivity contribution in [3.8, 4) is 5.75 Å². The molecule has 4 fully saturated rings. The van der Waals surface area contributed by atoms with E-state index in [1.807, 2.05) is 60.8 Å². The first-order valence-electron chi connectivity index (χ1n) is 47.6. The molecule has 5 N–H and O–H groups in total. The van der Waals surface area contributed by atoms with Crippen LogP contribution in [0.5, 0.6) is 5.75 Å². The summed E-state index contributed by atoms with van der Waals surface area (Å²) in [6, 6.07) is 51.3. The number of benzene rings is 8. The average molecular weight is 1890 g/mol. The molecule has 0 saturated carbocycles. The number of ether oxygens (including phenoxy) is 5. The number of halogens is 5. The summed E-state index contributed by atoms with van der Waals surface area (Å²) in [7, 11) is 1.63. The first-order valence-corrected chi connectivity index (χ1v) is 48.4. The number of nitrogens with zero attached hydrogens (tertiary/aromatic N) is 15. The van der Waals surface area contributed by atoms with E-state index in [1.165, 1.54) is 98.0 Å². The molecule has 0 aliphatic carbocycles. The first kappa shape index (κ1) is 88.0. The van der Waals surface area contributed by atoms with E-state index >= 15 is 0 Å². The number of morpholine rings is 4. The smallest absolute Gasteiger partial charge is 0.298 e. The van der Waals surface area contributed by atoms with Crippen molar-refractivity contribution in [3.63, 3.8) is 0 Å². The summed E-state index contributed by atoms with van der Waals surface area (Å²) in [5.74, 6) is 1.39. The zero-order chi connectivity index (χ0) is 93.3. The van der Waals surface area contributed by atoms with Crippen LogP contribution in [0.25, 0.3) is 87.1 Å². The Morgan fingerprint density at radius 2 is 0.768 bits per heavy atom. The van der Waals surface area contributed by atoms with Crippen LogP contribution in [-0.4, -0.2) is 198 Å². The Balaban J connectivity index is 0.0000000971. The van der Waals surface area contributed by atoms with Crippen molar-refractivity contribution in [2.45, 2.75) is 104 Å². The molecule has 0 radical (unpaired) electrons. The monoisotopic (exact) mass is 1880 g/mol. The molecule has 0 unspecified atom stereocenters. The number of hydrogen-bond donors (Lipinski definition) is 5. The Bertz CT molecular complexity index is 7520. The van der Waals surface area contributed by atoms with Crippen molar-refractivity contribution in [1.82, 2.24) is 54.8 Å². The second-order valence-corrected chi connectivity index (χ2v) is 37.9. The van der Waals surface area contributed by atoms with Gasteiger partial charge in [-0.25, -0.2) is 36.9 Å². The number of anilines is 9. The van der Waals surface area contributed by atoms with Crippen molar-refractivity contribution in [3.05, 3.63) is 262 Å².